The normalized spacial score (nSPS) is 14.4. The first-order valence-corrected chi connectivity index (χ1v) is 4.99. The molecule has 0 fully saturated rings. The summed E-state index contributed by atoms with van der Waals surface area (Å²) in [7, 11) is 0. The van der Waals surface area contributed by atoms with Crippen molar-refractivity contribution >= 4 is 23.2 Å². The Balaban J connectivity index is 2.83. The van der Waals surface area contributed by atoms with Gasteiger partial charge in [0, 0.05) is 0 Å². The van der Waals surface area contributed by atoms with Crippen molar-refractivity contribution in [3.05, 3.63) is 28.8 Å². The number of aliphatic hydroxyl groups excluding tert-OH is 2. The third-order valence-corrected chi connectivity index (χ3v) is 2.47. The second-order valence-electron chi connectivity index (χ2n) is 3.46. The van der Waals surface area contributed by atoms with E-state index in [4.69, 9.17) is 23.1 Å². The minimum absolute atomic E-state index is 0.280. The summed E-state index contributed by atoms with van der Waals surface area (Å²) >= 11 is 5.76. The summed E-state index contributed by atoms with van der Waals surface area (Å²) in [6, 6.07) is 4.47. The highest BCUT2D eigenvalue weighted by atomic mass is 35.5. The zero-order valence-corrected chi connectivity index (χ0v) is 9.19. The van der Waals surface area contributed by atoms with Gasteiger partial charge in [-0.25, -0.2) is 0 Å². The van der Waals surface area contributed by atoms with Crippen molar-refractivity contribution in [2.24, 2.45) is 5.73 Å². The molecule has 88 valence electrons. The van der Waals surface area contributed by atoms with Gasteiger partial charge in [-0.2, -0.15) is 0 Å². The lowest BCUT2D eigenvalue weighted by Gasteiger charge is -2.17. The number of primary amides is 1. The summed E-state index contributed by atoms with van der Waals surface area (Å²) < 4.78 is 0. The van der Waals surface area contributed by atoms with Crippen LogP contribution < -0.4 is 11.5 Å². The van der Waals surface area contributed by atoms with Crippen LogP contribution in [0.3, 0.4) is 0 Å². The zero-order chi connectivity index (χ0) is 12.3. The van der Waals surface area contributed by atoms with E-state index in [2.05, 4.69) is 0 Å². The first-order valence-electron chi connectivity index (χ1n) is 4.61. The first-order chi connectivity index (χ1) is 7.41. The number of hydrogen-bond donors (Lipinski definition) is 4. The number of nitrogen functional groups attached to an aromatic ring is 1. The number of carbonyl (C=O) groups excluding carboxylic acids is 1. The molecule has 5 nitrogen and oxygen atoms in total. The number of benzene rings is 1. The summed E-state index contributed by atoms with van der Waals surface area (Å²) in [5.74, 6) is -0.687. The van der Waals surface area contributed by atoms with E-state index in [9.17, 15) is 15.0 Å². The predicted molar refractivity (Wildman–Crippen MR) is 60.6 cm³/mol. The summed E-state index contributed by atoms with van der Waals surface area (Å²) in [5, 5.41) is 19.5. The lowest BCUT2D eigenvalue weighted by atomic mass is 10.0. The van der Waals surface area contributed by atoms with Gasteiger partial charge in [0.1, 0.15) is 6.10 Å². The number of nitrogens with two attached hydrogens (primary N) is 2. The molecule has 0 aromatic heterocycles. The van der Waals surface area contributed by atoms with E-state index in [1.54, 1.807) is 0 Å². The van der Waals surface area contributed by atoms with Crippen molar-refractivity contribution in [3.63, 3.8) is 0 Å². The van der Waals surface area contributed by atoms with Gasteiger partial charge in [-0.3, -0.25) is 4.79 Å². The number of anilines is 1. The van der Waals surface area contributed by atoms with Crippen LogP contribution >= 0.6 is 11.6 Å². The molecule has 6 N–H and O–H groups in total. The fourth-order valence-corrected chi connectivity index (χ4v) is 1.46. The molecule has 1 aromatic carbocycles. The van der Waals surface area contributed by atoms with Crippen LogP contribution in [0, 0.1) is 0 Å². The van der Waals surface area contributed by atoms with E-state index >= 15 is 0 Å². The fourth-order valence-electron chi connectivity index (χ4n) is 1.27. The Labute approximate surface area is 97.6 Å². The van der Waals surface area contributed by atoms with Gasteiger partial charge in [-0.1, -0.05) is 17.7 Å². The smallest absolute Gasteiger partial charge is 0.220 e. The van der Waals surface area contributed by atoms with Crippen molar-refractivity contribution in [1.82, 2.24) is 0 Å². The molecule has 1 amide bonds. The number of carbonyl (C=O) groups is 1. The standard InChI is InChI=1S/C10H13ClN2O3/c11-6-3-5(1-2-7(6)12)10(16)8(14)4-9(13)15/h1-3,8,10,14,16H,4,12H2,(H2,13,15). The maximum absolute atomic E-state index is 10.6. The number of aliphatic hydroxyl groups is 2. The Morgan fingerprint density at radius 3 is 2.56 bits per heavy atom. The highest BCUT2D eigenvalue weighted by Gasteiger charge is 2.20. The van der Waals surface area contributed by atoms with Crippen molar-refractivity contribution in [1.29, 1.82) is 0 Å². The number of hydrogen-bond acceptors (Lipinski definition) is 4. The summed E-state index contributed by atoms with van der Waals surface area (Å²) in [5.41, 5.74) is 11.2. The molecule has 0 aliphatic rings. The Bertz CT molecular complexity index is 398. The number of rotatable bonds is 4. The second kappa shape index (κ2) is 5.16. The SMILES string of the molecule is NC(=O)CC(O)C(O)c1ccc(N)c(Cl)c1. The van der Waals surface area contributed by atoms with Crippen molar-refractivity contribution in [2.75, 3.05) is 5.73 Å². The molecule has 0 saturated heterocycles. The van der Waals surface area contributed by atoms with Crippen LogP contribution in [0.2, 0.25) is 5.02 Å². The fraction of sp³-hybridized carbons (Fsp3) is 0.300. The minimum atomic E-state index is -1.25. The molecule has 6 heteroatoms. The molecule has 16 heavy (non-hydrogen) atoms. The topological polar surface area (TPSA) is 110 Å². The van der Waals surface area contributed by atoms with Crippen molar-refractivity contribution < 1.29 is 15.0 Å². The lowest BCUT2D eigenvalue weighted by molar-refractivity contribution is -0.121. The van der Waals surface area contributed by atoms with Crippen LogP contribution in [0.4, 0.5) is 5.69 Å². The van der Waals surface area contributed by atoms with Crippen molar-refractivity contribution in [2.45, 2.75) is 18.6 Å². The highest BCUT2D eigenvalue weighted by molar-refractivity contribution is 6.33. The van der Waals surface area contributed by atoms with E-state index in [0.717, 1.165) is 0 Å². The maximum Gasteiger partial charge on any atom is 0.220 e. The molecule has 0 bridgehead atoms. The van der Waals surface area contributed by atoms with E-state index in [1.807, 2.05) is 0 Å². The molecule has 1 aromatic rings. The third-order valence-electron chi connectivity index (χ3n) is 2.14. The van der Waals surface area contributed by atoms with Gasteiger partial charge in [0.25, 0.3) is 0 Å². The maximum atomic E-state index is 10.6. The predicted octanol–water partition coefficient (Wildman–Crippen LogP) is 0.192. The average molecular weight is 245 g/mol. The van der Waals surface area contributed by atoms with Crippen LogP contribution in [-0.4, -0.2) is 22.2 Å². The van der Waals surface area contributed by atoms with Gasteiger partial charge in [0.15, 0.2) is 0 Å². The molecule has 0 aliphatic heterocycles. The van der Waals surface area contributed by atoms with Gasteiger partial charge in [-0.05, 0) is 17.7 Å². The average Bonchev–Trinajstić information content (AvgIpc) is 2.20. The van der Waals surface area contributed by atoms with Crippen LogP contribution in [0.15, 0.2) is 18.2 Å². The van der Waals surface area contributed by atoms with Gasteiger partial charge in [0.05, 0.1) is 23.2 Å². The molecule has 2 atom stereocenters. The molecule has 1 rings (SSSR count). The van der Waals surface area contributed by atoms with E-state index in [-0.39, 0.29) is 11.4 Å². The summed E-state index contributed by atoms with van der Waals surface area (Å²) in [6.45, 7) is 0. The summed E-state index contributed by atoms with van der Waals surface area (Å²) in [4.78, 5) is 10.6. The first kappa shape index (κ1) is 12.8. The minimum Gasteiger partial charge on any atom is -0.398 e. The summed E-state index contributed by atoms with van der Waals surface area (Å²) in [6.07, 6.45) is -2.79. The Morgan fingerprint density at radius 2 is 2.06 bits per heavy atom. The molecular formula is C10H13ClN2O3. The van der Waals surface area contributed by atoms with Gasteiger partial charge in [0.2, 0.25) is 5.91 Å². The monoisotopic (exact) mass is 244 g/mol. The van der Waals surface area contributed by atoms with Crippen molar-refractivity contribution in [3.8, 4) is 0 Å². The largest absolute Gasteiger partial charge is 0.398 e. The van der Waals surface area contributed by atoms with Gasteiger partial charge in [-0.15, -0.1) is 0 Å². The second-order valence-corrected chi connectivity index (χ2v) is 3.87. The number of halogens is 1. The molecule has 2 unspecified atom stereocenters. The Morgan fingerprint density at radius 1 is 1.44 bits per heavy atom. The molecule has 0 spiro atoms. The Kier molecular flexibility index (Phi) is 4.12. The zero-order valence-electron chi connectivity index (χ0n) is 8.43. The van der Waals surface area contributed by atoms with Gasteiger partial charge < -0.3 is 21.7 Å². The quantitative estimate of drug-likeness (QED) is 0.567. The van der Waals surface area contributed by atoms with E-state index in [1.165, 1.54) is 18.2 Å². The van der Waals surface area contributed by atoms with Crippen LogP contribution in [0.5, 0.6) is 0 Å². The van der Waals surface area contributed by atoms with E-state index < -0.39 is 18.1 Å². The highest BCUT2D eigenvalue weighted by Crippen LogP contribution is 2.25. The molecular weight excluding hydrogens is 232 g/mol. The van der Waals surface area contributed by atoms with E-state index in [0.29, 0.717) is 11.3 Å². The Hall–Kier alpha value is -1.30. The third kappa shape index (κ3) is 3.10. The molecule has 0 heterocycles. The lowest BCUT2D eigenvalue weighted by Crippen LogP contribution is -2.25. The molecule has 0 aliphatic carbocycles. The van der Waals surface area contributed by atoms with Crippen LogP contribution in [0.1, 0.15) is 18.1 Å². The molecule has 0 saturated carbocycles. The number of amides is 1. The van der Waals surface area contributed by atoms with Gasteiger partial charge >= 0.3 is 0 Å². The van der Waals surface area contributed by atoms with Crippen LogP contribution in [-0.2, 0) is 4.79 Å². The molecule has 0 radical (unpaired) electrons. The van der Waals surface area contributed by atoms with Crippen LogP contribution in [0.25, 0.3) is 0 Å².